The first kappa shape index (κ1) is 23.6. The number of carbonyl (C=O) groups is 2. The number of hydrogen-bond donors (Lipinski definition) is 1. The van der Waals surface area contributed by atoms with Gasteiger partial charge in [-0.3, -0.25) is 14.5 Å². The summed E-state index contributed by atoms with van der Waals surface area (Å²) in [5, 5.41) is 2.89. The van der Waals surface area contributed by atoms with Gasteiger partial charge < -0.3 is 23.9 Å². The zero-order valence-corrected chi connectivity index (χ0v) is 20.4. The van der Waals surface area contributed by atoms with Crippen LogP contribution in [0.3, 0.4) is 0 Å². The van der Waals surface area contributed by atoms with E-state index in [4.69, 9.17) is 14.1 Å². The minimum atomic E-state index is -0.226. The van der Waals surface area contributed by atoms with Gasteiger partial charge in [-0.1, -0.05) is 18.2 Å². The molecule has 1 saturated heterocycles. The van der Waals surface area contributed by atoms with Crippen LogP contribution >= 0.6 is 0 Å². The van der Waals surface area contributed by atoms with Gasteiger partial charge in [0.25, 0.3) is 11.8 Å². The van der Waals surface area contributed by atoms with Crippen LogP contribution in [0.15, 0.2) is 65.3 Å². The molecule has 9 heteroatoms. The Bertz CT molecular complexity index is 1370. The molecule has 3 heterocycles. The Morgan fingerprint density at radius 3 is 2.61 bits per heavy atom. The number of rotatable bonds is 7. The van der Waals surface area contributed by atoms with E-state index in [1.165, 1.54) is 6.26 Å². The van der Waals surface area contributed by atoms with Crippen molar-refractivity contribution in [1.29, 1.82) is 0 Å². The Morgan fingerprint density at radius 1 is 1.06 bits per heavy atom. The van der Waals surface area contributed by atoms with Gasteiger partial charge in [0.1, 0.15) is 11.6 Å². The number of nitrogens with one attached hydrogen (secondary N) is 1. The fourth-order valence-electron chi connectivity index (χ4n) is 4.39. The molecule has 0 radical (unpaired) electrons. The fourth-order valence-corrected chi connectivity index (χ4v) is 4.39. The molecular formula is C27H29N5O4. The predicted molar refractivity (Wildman–Crippen MR) is 136 cm³/mol. The number of ether oxygens (including phenoxy) is 1. The first-order valence-corrected chi connectivity index (χ1v) is 12.0. The number of benzene rings is 2. The Hall–Kier alpha value is -4.11. The maximum absolute atomic E-state index is 12.5. The van der Waals surface area contributed by atoms with E-state index in [2.05, 4.69) is 14.8 Å². The molecule has 0 unspecified atom stereocenters. The molecule has 2 amide bonds. The molecule has 36 heavy (non-hydrogen) atoms. The number of anilines is 1. The summed E-state index contributed by atoms with van der Waals surface area (Å²) >= 11 is 0. The van der Waals surface area contributed by atoms with Crippen LogP contribution < -0.4 is 10.1 Å². The van der Waals surface area contributed by atoms with E-state index in [9.17, 15) is 9.59 Å². The van der Waals surface area contributed by atoms with Crippen LogP contribution in [0.1, 0.15) is 21.9 Å². The molecule has 0 atom stereocenters. The van der Waals surface area contributed by atoms with Gasteiger partial charge in [-0.25, -0.2) is 4.98 Å². The average molecular weight is 488 g/mol. The number of aromatic nitrogens is 2. The van der Waals surface area contributed by atoms with Crippen LogP contribution in [0.5, 0.6) is 5.75 Å². The first-order chi connectivity index (χ1) is 17.5. The zero-order valence-electron chi connectivity index (χ0n) is 20.4. The van der Waals surface area contributed by atoms with Crippen LogP contribution in [0.25, 0.3) is 11.0 Å². The predicted octanol–water partition coefficient (Wildman–Crippen LogP) is 3.45. The molecule has 9 nitrogen and oxygen atoms in total. The largest absolute Gasteiger partial charge is 0.483 e. The zero-order chi connectivity index (χ0) is 25.1. The lowest BCUT2D eigenvalue weighted by Crippen LogP contribution is -2.48. The molecule has 1 N–H and O–H groups in total. The number of para-hydroxylation sites is 1. The molecule has 0 saturated carbocycles. The monoisotopic (exact) mass is 487 g/mol. The highest BCUT2D eigenvalue weighted by atomic mass is 16.5. The molecule has 2 aromatic heterocycles. The van der Waals surface area contributed by atoms with E-state index < -0.39 is 0 Å². The summed E-state index contributed by atoms with van der Waals surface area (Å²) in [6.07, 6.45) is 1.52. The van der Waals surface area contributed by atoms with Crippen molar-refractivity contribution < 1.29 is 18.7 Å². The average Bonchev–Trinajstić information content (AvgIpc) is 3.52. The van der Waals surface area contributed by atoms with E-state index in [0.29, 0.717) is 36.8 Å². The van der Waals surface area contributed by atoms with Crippen LogP contribution in [0.4, 0.5) is 5.69 Å². The lowest BCUT2D eigenvalue weighted by atomic mass is 10.2. The van der Waals surface area contributed by atoms with Crippen LogP contribution in [-0.2, 0) is 18.4 Å². The minimum Gasteiger partial charge on any atom is -0.483 e. The molecule has 0 spiro atoms. The Labute approximate surface area is 209 Å². The third-order valence-corrected chi connectivity index (χ3v) is 6.47. The molecule has 1 aliphatic rings. The number of fused-ring (bicyclic) bond motifs is 1. The standard InChI is InChI=1S/C27H29N5O4/c1-19-6-3-4-7-23(19)36-18-26(33)28-20-9-10-22-21(16-20)29-25(30(22)2)17-31-11-13-32(14-12-31)27(34)24-8-5-15-35-24/h3-10,15-16H,11-14,17-18H2,1-2H3,(H,28,33). The fraction of sp³-hybridized carbons (Fsp3) is 0.296. The second kappa shape index (κ2) is 10.2. The molecule has 2 aromatic carbocycles. The number of nitrogens with zero attached hydrogens (tertiary/aromatic N) is 4. The number of furan rings is 1. The molecule has 1 fully saturated rings. The summed E-state index contributed by atoms with van der Waals surface area (Å²) in [6, 6.07) is 16.7. The van der Waals surface area contributed by atoms with Gasteiger partial charge >= 0.3 is 0 Å². The summed E-state index contributed by atoms with van der Waals surface area (Å²) in [4.78, 5) is 33.8. The number of aryl methyl sites for hydroxylation is 2. The van der Waals surface area contributed by atoms with Gasteiger partial charge in [0, 0.05) is 38.9 Å². The van der Waals surface area contributed by atoms with Gasteiger partial charge in [-0.05, 0) is 48.9 Å². The quantitative estimate of drug-likeness (QED) is 0.429. The van der Waals surface area contributed by atoms with Crippen molar-refractivity contribution in [3.8, 4) is 5.75 Å². The first-order valence-electron chi connectivity index (χ1n) is 12.0. The molecule has 0 aliphatic carbocycles. The molecule has 1 aliphatic heterocycles. The van der Waals surface area contributed by atoms with Crippen molar-refractivity contribution >= 4 is 28.5 Å². The molecule has 0 bridgehead atoms. The van der Waals surface area contributed by atoms with E-state index in [1.54, 1.807) is 12.1 Å². The van der Waals surface area contributed by atoms with Gasteiger partial charge in [0.15, 0.2) is 12.4 Å². The number of amides is 2. The smallest absolute Gasteiger partial charge is 0.289 e. The minimum absolute atomic E-state index is 0.0647. The van der Waals surface area contributed by atoms with Crippen molar-refractivity contribution in [3.63, 3.8) is 0 Å². The summed E-state index contributed by atoms with van der Waals surface area (Å²) in [7, 11) is 2.00. The van der Waals surface area contributed by atoms with Crippen LogP contribution in [0.2, 0.25) is 0 Å². The third kappa shape index (κ3) is 5.11. The van der Waals surface area contributed by atoms with Gasteiger partial charge in [0.2, 0.25) is 0 Å². The van der Waals surface area contributed by atoms with E-state index in [0.717, 1.165) is 35.5 Å². The van der Waals surface area contributed by atoms with Crippen LogP contribution in [-0.4, -0.2) is 64.0 Å². The normalized spacial score (nSPS) is 14.2. The summed E-state index contributed by atoms with van der Waals surface area (Å²) in [6.45, 7) is 5.37. The number of piperazine rings is 1. The molecular weight excluding hydrogens is 458 g/mol. The second-order valence-electron chi connectivity index (χ2n) is 8.94. The second-order valence-corrected chi connectivity index (χ2v) is 8.94. The maximum atomic E-state index is 12.5. The topological polar surface area (TPSA) is 92.8 Å². The van der Waals surface area contributed by atoms with E-state index >= 15 is 0 Å². The highest BCUT2D eigenvalue weighted by molar-refractivity contribution is 5.94. The Morgan fingerprint density at radius 2 is 1.86 bits per heavy atom. The van der Waals surface area contributed by atoms with Crippen LogP contribution in [0, 0.1) is 6.92 Å². The highest BCUT2D eigenvalue weighted by Gasteiger charge is 2.24. The third-order valence-electron chi connectivity index (χ3n) is 6.47. The Balaban J connectivity index is 1.18. The molecule has 4 aromatic rings. The van der Waals surface area contributed by atoms with Crippen molar-refractivity contribution in [2.75, 3.05) is 38.1 Å². The van der Waals surface area contributed by atoms with Crippen molar-refractivity contribution in [2.24, 2.45) is 7.05 Å². The van der Waals surface area contributed by atoms with Gasteiger partial charge in [0.05, 0.1) is 23.8 Å². The SMILES string of the molecule is Cc1ccccc1OCC(=O)Nc1ccc2c(c1)nc(CN1CCN(C(=O)c3ccco3)CC1)n2C. The maximum Gasteiger partial charge on any atom is 0.289 e. The van der Waals surface area contributed by atoms with Gasteiger partial charge in [-0.2, -0.15) is 0 Å². The highest BCUT2D eigenvalue weighted by Crippen LogP contribution is 2.22. The number of imidazole rings is 1. The summed E-state index contributed by atoms with van der Waals surface area (Å²) in [5.41, 5.74) is 3.47. The summed E-state index contributed by atoms with van der Waals surface area (Å²) in [5.74, 6) is 1.71. The lowest BCUT2D eigenvalue weighted by molar-refractivity contribution is -0.118. The van der Waals surface area contributed by atoms with E-state index in [1.807, 2.05) is 61.3 Å². The van der Waals surface area contributed by atoms with Crippen molar-refractivity contribution in [2.45, 2.75) is 13.5 Å². The number of carbonyl (C=O) groups excluding carboxylic acids is 2. The Kier molecular flexibility index (Phi) is 6.73. The van der Waals surface area contributed by atoms with Crippen molar-refractivity contribution in [3.05, 3.63) is 78.0 Å². The number of hydrogen-bond acceptors (Lipinski definition) is 6. The van der Waals surface area contributed by atoms with E-state index in [-0.39, 0.29) is 18.4 Å². The lowest BCUT2D eigenvalue weighted by Gasteiger charge is -2.34. The van der Waals surface area contributed by atoms with Gasteiger partial charge in [-0.15, -0.1) is 0 Å². The molecule has 5 rings (SSSR count). The summed E-state index contributed by atoms with van der Waals surface area (Å²) < 4.78 is 13.0. The molecule has 186 valence electrons. The van der Waals surface area contributed by atoms with Crippen molar-refractivity contribution in [1.82, 2.24) is 19.4 Å².